The molecule has 1 atom stereocenters. The summed E-state index contributed by atoms with van der Waals surface area (Å²) in [5.41, 5.74) is 4.27. The summed E-state index contributed by atoms with van der Waals surface area (Å²) in [6.07, 6.45) is 2.29. The average Bonchev–Trinajstić information content (AvgIpc) is 2.75. The highest BCUT2D eigenvalue weighted by Gasteiger charge is 2.19. The number of aromatic nitrogens is 2. The SMILES string of the molecule is CN(C)c1ccc(Nc2cc(-c3ccccc3)nc(C3CCCNC3)n2)cc1. The summed E-state index contributed by atoms with van der Waals surface area (Å²) in [7, 11) is 4.09. The van der Waals surface area contributed by atoms with Crippen molar-refractivity contribution in [3.63, 3.8) is 0 Å². The third-order valence-corrected chi connectivity index (χ3v) is 5.13. The van der Waals surface area contributed by atoms with Crippen molar-refractivity contribution in [1.82, 2.24) is 15.3 Å². The Morgan fingerprint density at radius 3 is 2.46 bits per heavy atom. The average molecular weight is 374 g/mol. The van der Waals surface area contributed by atoms with E-state index in [1.165, 1.54) is 12.1 Å². The predicted octanol–water partition coefficient (Wildman–Crippen LogP) is 4.42. The zero-order valence-corrected chi connectivity index (χ0v) is 16.5. The lowest BCUT2D eigenvalue weighted by molar-refractivity contribution is 0.447. The smallest absolute Gasteiger partial charge is 0.135 e. The van der Waals surface area contributed by atoms with Crippen LogP contribution in [0.4, 0.5) is 17.2 Å². The minimum absolute atomic E-state index is 0.356. The molecule has 144 valence electrons. The predicted molar refractivity (Wildman–Crippen MR) is 116 cm³/mol. The van der Waals surface area contributed by atoms with Gasteiger partial charge in [0.05, 0.1) is 5.69 Å². The van der Waals surface area contributed by atoms with Crippen LogP contribution in [0.15, 0.2) is 60.7 Å². The van der Waals surface area contributed by atoms with E-state index in [9.17, 15) is 0 Å². The summed E-state index contributed by atoms with van der Waals surface area (Å²) in [6, 6.07) is 20.7. The third-order valence-electron chi connectivity index (χ3n) is 5.13. The van der Waals surface area contributed by atoms with E-state index < -0.39 is 0 Å². The van der Waals surface area contributed by atoms with Crippen molar-refractivity contribution >= 4 is 17.2 Å². The zero-order valence-electron chi connectivity index (χ0n) is 16.5. The van der Waals surface area contributed by atoms with E-state index >= 15 is 0 Å². The van der Waals surface area contributed by atoms with Crippen LogP contribution in [0.1, 0.15) is 24.6 Å². The van der Waals surface area contributed by atoms with Crippen LogP contribution in [0.2, 0.25) is 0 Å². The van der Waals surface area contributed by atoms with Gasteiger partial charge in [0, 0.05) is 49.6 Å². The Morgan fingerprint density at radius 1 is 1.00 bits per heavy atom. The van der Waals surface area contributed by atoms with Crippen LogP contribution in [0, 0.1) is 0 Å². The molecule has 0 bridgehead atoms. The van der Waals surface area contributed by atoms with Crippen LogP contribution in [0.3, 0.4) is 0 Å². The Labute approximate surface area is 166 Å². The number of nitrogens with one attached hydrogen (secondary N) is 2. The van der Waals surface area contributed by atoms with Gasteiger partial charge in [-0.2, -0.15) is 0 Å². The molecule has 0 spiro atoms. The molecule has 1 fully saturated rings. The third kappa shape index (κ3) is 4.31. The first-order chi connectivity index (χ1) is 13.7. The molecule has 1 aromatic heterocycles. The van der Waals surface area contributed by atoms with Gasteiger partial charge in [-0.25, -0.2) is 9.97 Å². The van der Waals surface area contributed by atoms with Crippen molar-refractivity contribution in [3.8, 4) is 11.3 Å². The molecular formula is C23H27N5. The molecule has 0 amide bonds. The number of hydrogen-bond donors (Lipinski definition) is 2. The van der Waals surface area contributed by atoms with Crippen LogP contribution in [-0.2, 0) is 0 Å². The summed E-state index contributed by atoms with van der Waals surface area (Å²) in [5, 5.41) is 6.94. The highest BCUT2D eigenvalue weighted by molar-refractivity contribution is 5.66. The summed E-state index contributed by atoms with van der Waals surface area (Å²) >= 11 is 0. The molecule has 1 saturated heterocycles. The van der Waals surface area contributed by atoms with Gasteiger partial charge in [-0.05, 0) is 43.7 Å². The molecule has 2 N–H and O–H groups in total. The van der Waals surface area contributed by atoms with Gasteiger partial charge in [0.25, 0.3) is 0 Å². The molecule has 28 heavy (non-hydrogen) atoms. The van der Waals surface area contributed by atoms with Crippen molar-refractivity contribution < 1.29 is 0 Å². The fraction of sp³-hybridized carbons (Fsp3) is 0.304. The zero-order chi connectivity index (χ0) is 19.3. The van der Waals surface area contributed by atoms with E-state index in [0.29, 0.717) is 5.92 Å². The maximum Gasteiger partial charge on any atom is 0.135 e. The van der Waals surface area contributed by atoms with Gasteiger partial charge in [-0.15, -0.1) is 0 Å². The van der Waals surface area contributed by atoms with Crippen molar-refractivity contribution in [1.29, 1.82) is 0 Å². The molecule has 3 aromatic rings. The highest BCUT2D eigenvalue weighted by Crippen LogP contribution is 2.27. The van der Waals surface area contributed by atoms with Crippen LogP contribution in [0.5, 0.6) is 0 Å². The van der Waals surface area contributed by atoms with Crippen molar-refractivity contribution in [2.24, 2.45) is 0 Å². The number of piperidine rings is 1. The fourth-order valence-electron chi connectivity index (χ4n) is 3.53. The molecule has 1 aliphatic rings. The van der Waals surface area contributed by atoms with E-state index in [-0.39, 0.29) is 0 Å². The lowest BCUT2D eigenvalue weighted by Gasteiger charge is -2.22. The lowest BCUT2D eigenvalue weighted by atomic mass is 9.98. The first-order valence-corrected chi connectivity index (χ1v) is 9.88. The maximum atomic E-state index is 4.91. The van der Waals surface area contributed by atoms with Gasteiger partial charge >= 0.3 is 0 Å². The van der Waals surface area contributed by atoms with E-state index in [1.807, 2.05) is 38.4 Å². The molecule has 0 radical (unpaired) electrons. The first kappa shape index (κ1) is 18.4. The Bertz CT molecular complexity index is 900. The molecule has 1 aliphatic heterocycles. The normalized spacial score (nSPS) is 16.6. The highest BCUT2D eigenvalue weighted by atomic mass is 15.1. The molecule has 1 unspecified atom stereocenters. The summed E-state index contributed by atoms with van der Waals surface area (Å²) < 4.78 is 0. The van der Waals surface area contributed by atoms with Crippen LogP contribution < -0.4 is 15.5 Å². The molecule has 4 rings (SSSR count). The lowest BCUT2D eigenvalue weighted by Crippen LogP contribution is -2.29. The van der Waals surface area contributed by atoms with Crippen LogP contribution in [-0.4, -0.2) is 37.2 Å². The number of anilines is 3. The number of nitrogens with zero attached hydrogens (tertiary/aromatic N) is 3. The van der Waals surface area contributed by atoms with Crippen molar-refractivity contribution in [3.05, 3.63) is 66.5 Å². The van der Waals surface area contributed by atoms with E-state index in [0.717, 1.165) is 48.1 Å². The molecule has 2 aromatic carbocycles. The largest absolute Gasteiger partial charge is 0.378 e. The van der Waals surface area contributed by atoms with Gasteiger partial charge in [-0.1, -0.05) is 30.3 Å². The minimum atomic E-state index is 0.356. The van der Waals surface area contributed by atoms with E-state index in [1.54, 1.807) is 0 Å². The second-order valence-corrected chi connectivity index (χ2v) is 7.47. The number of hydrogen-bond acceptors (Lipinski definition) is 5. The van der Waals surface area contributed by atoms with Crippen molar-refractivity contribution in [2.45, 2.75) is 18.8 Å². The Balaban J connectivity index is 1.66. The van der Waals surface area contributed by atoms with Gasteiger partial charge in [-0.3, -0.25) is 0 Å². The summed E-state index contributed by atoms with van der Waals surface area (Å²) in [5.74, 6) is 2.11. The fourth-order valence-corrected chi connectivity index (χ4v) is 3.53. The Morgan fingerprint density at radius 2 is 1.79 bits per heavy atom. The molecular weight excluding hydrogens is 346 g/mol. The first-order valence-electron chi connectivity index (χ1n) is 9.88. The molecule has 0 aliphatic carbocycles. The van der Waals surface area contributed by atoms with E-state index in [2.05, 4.69) is 51.9 Å². The Kier molecular flexibility index (Phi) is 5.53. The Hall–Kier alpha value is -2.92. The van der Waals surface area contributed by atoms with Gasteiger partial charge in [0.1, 0.15) is 11.6 Å². The van der Waals surface area contributed by atoms with Crippen LogP contribution in [0.25, 0.3) is 11.3 Å². The quantitative estimate of drug-likeness (QED) is 0.693. The summed E-state index contributed by atoms with van der Waals surface area (Å²) in [4.78, 5) is 11.9. The second-order valence-electron chi connectivity index (χ2n) is 7.47. The molecule has 5 nitrogen and oxygen atoms in total. The van der Waals surface area contributed by atoms with Gasteiger partial charge in [0.15, 0.2) is 0 Å². The van der Waals surface area contributed by atoms with Gasteiger partial charge < -0.3 is 15.5 Å². The van der Waals surface area contributed by atoms with Crippen molar-refractivity contribution in [2.75, 3.05) is 37.4 Å². The monoisotopic (exact) mass is 373 g/mol. The molecule has 2 heterocycles. The maximum absolute atomic E-state index is 4.91. The number of benzene rings is 2. The molecule has 0 saturated carbocycles. The van der Waals surface area contributed by atoms with Crippen LogP contribution >= 0.6 is 0 Å². The number of rotatable bonds is 5. The van der Waals surface area contributed by atoms with E-state index in [4.69, 9.17) is 9.97 Å². The molecule has 5 heteroatoms. The minimum Gasteiger partial charge on any atom is -0.378 e. The topological polar surface area (TPSA) is 53.1 Å². The second kappa shape index (κ2) is 8.40. The standard InChI is InChI=1S/C23H27N5/c1-28(2)20-12-10-19(11-13-20)25-22-15-21(17-7-4-3-5-8-17)26-23(27-22)18-9-6-14-24-16-18/h3-5,7-8,10-13,15,18,24H,6,9,14,16H2,1-2H3,(H,25,26,27). The summed E-state index contributed by atoms with van der Waals surface area (Å²) in [6.45, 7) is 2.02. The van der Waals surface area contributed by atoms with Gasteiger partial charge in [0.2, 0.25) is 0 Å².